The molecular weight excluding hydrogens is 358 g/mol. The molecule has 0 aromatic heterocycles. The molecule has 0 radical (unpaired) electrons. The van der Waals surface area contributed by atoms with Gasteiger partial charge >= 0.3 is 0 Å². The van der Waals surface area contributed by atoms with Crippen molar-refractivity contribution in [2.24, 2.45) is 0 Å². The number of nitrogens with zero attached hydrogens (tertiary/aromatic N) is 3. The molecule has 0 N–H and O–H groups in total. The summed E-state index contributed by atoms with van der Waals surface area (Å²) in [5.41, 5.74) is 3.63. The van der Waals surface area contributed by atoms with Crippen LogP contribution in [0.4, 0.5) is 11.4 Å². The predicted octanol–water partition coefficient (Wildman–Crippen LogP) is 3.60. The number of carbonyl (C=O) groups excluding carboxylic acids is 1. The monoisotopic (exact) mass is 385 g/mol. The van der Waals surface area contributed by atoms with Gasteiger partial charge in [0.2, 0.25) is 5.91 Å². The number of hydrogen-bond donors (Lipinski definition) is 0. The molecule has 0 bridgehead atoms. The highest BCUT2D eigenvalue weighted by Crippen LogP contribution is 2.28. The zero-order valence-electron chi connectivity index (χ0n) is 15.7. The van der Waals surface area contributed by atoms with E-state index in [1.165, 1.54) is 11.3 Å². The normalized spacial score (nSPS) is 17.0. The molecule has 2 aromatic carbocycles. The molecule has 0 atom stereocenters. The van der Waals surface area contributed by atoms with Gasteiger partial charge in [0.1, 0.15) is 0 Å². The van der Waals surface area contributed by atoms with Crippen LogP contribution in [-0.4, -0.2) is 50.1 Å². The zero-order chi connectivity index (χ0) is 17.8. The number of benzene rings is 2. The van der Waals surface area contributed by atoms with Gasteiger partial charge in [0.15, 0.2) is 0 Å². The van der Waals surface area contributed by atoms with Gasteiger partial charge in [-0.25, -0.2) is 0 Å². The lowest BCUT2D eigenvalue weighted by Crippen LogP contribution is -2.46. The van der Waals surface area contributed by atoms with Crippen LogP contribution < -0.4 is 9.80 Å². The Balaban J connectivity index is 0.00000210. The maximum Gasteiger partial charge on any atom is 0.231 e. The van der Waals surface area contributed by atoms with Gasteiger partial charge in [0, 0.05) is 44.1 Å². The van der Waals surface area contributed by atoms with Crippen LogP contribution in [0, 0.1) is 0 Å². The second-order valence-electron chi connectivity index (χ2n) is 7.22. The zero-order valence-corrected chi connectivity index (χ0v) is 16.5. The summed E-state index contributed by atoms with van der Waals surface area (Å²) >= 11 is 0. The van der Waals surface area contributed by atoms with E-state index in [1.807, 2.05) is 17.0 Å². The van der Waals surface area contributed by atoms with Crippen molar-refractivity contribution in [1.82, 2.24) is 4.90 Å². The van der Waals surface area contributed by atoms with Crippen LogP contribution in [0.15, 0.2) is 54.6 Å². The topological polar surface area (TPSA) is 26.8 Å². The lowest BCUT2D eigenvalue weighted by atomic mass is 10.2. The molecule has 2 aliphatic rings. The molecule has 0 unspecified atom stereocenters. The number of fused-ring (bicyclic) bond motifs is 1. The molecule has 4 nitrogen and oxygen atoms in total. The van der Waals surface area contributed by atoms with Crippen molar-refractivity contribution in [2.75, 3.05) is 49.1 Å². The van der Waals surface area contributed by atoms with Crippen molar-refractivity contribution in [2.45, 2.75) is 19.3 Å². The molecule has 2 aromatic rings. The smallest absolute Gasteiger partial charge is 0.231 e. The average molecular weight is 386 g/mol. The van der Waals surface area contributed by atoms with Gasteiger partial charge in [-0.15, -0.1) is 12.4 Å². The van der Waals surface area contributed by atoms with Gasteiger partial charge < -0.3 is 9.80 Å². The molecule has 1 amide bonds. The van der Waals surface area contributed by atoms with Gasteiger partial charge in [-0.3, -0.25) is 9.69 Å². The Labute approximate surface area is 168 Å². The summed E-state index contributed by atoms with van der Waals surface area (Å²) in [5, 5.41) is 0. The molecule has 2 aliphatic heterocycles. The molecule has 1 saturated heterocycles. The van der Waals surface area contributed by atoms with E-state index >= 15 is 0 Å². The van der Waals surface area contributed by atoms with Gasteiger partial charge in [0.05, 0.1) is 6.42 Å². The number of amides is 1. The standard InChI is InChI=1S/C22H27N3O.ClH/c26-22-18-19-8-4-5-11-21(19)25(22)13-7-6-12-23-14-16-24(17-15-23)20-9-2-1-3-10-20;/h1-5,8-11H,6-7,12-18H2;1H. The van der Waals surface area contributed by atoms with Crippen molar-refractivity contribution in [1.29, 1.82) is 0 Å². The van der Waals surface area contributed by atoms with Crippen LogP contribution in [0.5, 0.6) is 0 Å². The Hall–Kier alpha value is -2.04. The lowest BCUT2D eigenvalue weighted by Gasteiger charge is -2.36. The van der Waals surface area contributed by atoms with E-state index in [4.69, 9.17) is 0 Å². The first-order valence-electron chi connectivity index (χ1n) is 9.72. The molecule has 5 heteroatoms. The third kappa shape index (κ3) is 4.63. The van der Waals surface area contributed by atoms with Crippen molar-refractivity contribution < 1.29 is 4.79 Å². The van der Waals surface area contributed by atoms with Crippen LogP contribution in [-0.2, 0) is 11.2 Å². The maximum absolute atomic E-state index is 12.2. The summed E-state index contributed by atoms with van der Waals surface area (Å²) in [6.07, 6.45) is 2.79. The summed E-state index contributed by atoms with van der Waals surface area (Å²) in [6, 6.07) is 18.9. The van der Waals surface area contributed by atoms with E-state index in [1.54, 1.807) is 0 Å². The third-order valence-corrected chi connectivity index (χ3v) is 5.52. The van der Waals surface area contributed by atoms with Crippen molar-refractivity contribution in [3.05, 3.63) is 60.2 Å². The number of unbranched alkanes of at least 4 members (excludes halogenated alkanes) is 1. The minimum absolute atomic E-state index is 0. The molecule has 2 heterocycles. The molecule has 4 rings (SSSR count). The molecule has 27 heavy (non-hydrogen) atoms. The average Bonchev–Trinajstić information content (AvgIpc) is 3.01. The number of piperazine rings is 1. The van der Waals surface area contributed by atoms with Gasteiger partial charge in [-0.2, -0.15) is 0 Å². The quantitative estimate of drug-likeness (QED) is 0.711. The minimum Gasteiger partial charge on any atom is -0.369 e. The van der Waals surface area contributed by atoms with Crippen LogP contribution in [0.1, 0.15) is 18.4 Å². The summed E-state index contributed by atoms with van der Waals surface area (Å²) < 4.78 is 0. The van der Waals surface area contributed by atoms with Crippen LogP contribution in [0.25, 0.3) is 0 Å². The van der Waals surface area contributed by atoms with E-state index in [0.717, 1.165) is 57.8 Å². The van der Waals surface area contributed by atoms with E-state index in [9.17, 15) is 4.79 Å². The summed E-state index contributed by atoms with van der Waals surface area (Å²) in [7, 11) is 0. The predicted molar refractivity (Wildman–Crippen MR) is 114 cm³/mol. The molecule has 0 aliphatic carbocycles. The van der Waals surface area contributed by atoms with Crippen molar-refractivity contribution in [3.8, 4) is 0 Å². The molecular formula is C22H28ClN3O. The largest absolute Gasteiger partial charge is 0.369 e. The Bertz CT molecular complexity index is 744. The number of hydrogen-bond acceptors (Lipinski definition) is 3. The molecule has 0 spiro atoms. The van der Waals surface area contributed by atoms with E-state index in [0.29, 0.717) is 6.42 Å². The molecule has 1 fully saturated rings. The summed E-state index contributed by atoms with van der Waals surface area (Å²) in [5.74, 6) is 0.252. The van der Waals surface area contributed by atoms with Crippen LogP contribution in [0.3, 0.4) is 0 Å². The van der Waals surface area contributed by atoms with Crippen molar-refractivity contribution in [3.63, 3.8) is 0 Å². The lowest BCUT2D eigenvalue weighted by molar-refractivity contribution is -0.117. The maximum atomic E-state index is 12.2. The summed E-state index contributed by atoms with van der Waals surface area (Å²) in [4.78, 5) is 19.2. The fourth-order valence-corrected chi connectivity index (χ4v) is 4.04. The van der Waals surface area contributed by atoms with Gasteiger partial charge in [-0.1, -0.05) is 36.4 Å². The first kappa shape index (κ1) is 19.7. The number of para-hydroxylation sites is 2. The highest BCUT2D eigenvalue weighted by molar-refractivity contribution is 6.01. The molecule has 144 valence electrons. The third-order valence-electron chi connectivity index (χ3n) is 5.52. The van der Waals surface area contributed by atoms with Crippen molar-refractivity contribution >= 4 is 29.7 Å². The molecule has 0 saturated carbocycles. The summed E-state index contributed by atoms with van der Waals surface area (Å²) in [6.45, 7) is 6.43. The van der Waals surface area contributed by atoms with Crippen LogP contribution >= 0.6 is 12.4 Å². The Morgan fingerprint density at radius 1 is 0.778 bits per heavy atom. The van der Waals surface area contributed by atoms with E-state index in [2.05, 4.69) is 52.3 Å². The number of halogens is 1. The first-order chi connectivity index (χ1) is 12.8. The number of rotatable bonds is 6. The number of carbonyl (C=O) groups is 1. The second-order valence-corrected chi connectivity index (χ2v) is 7.22. The van der Waals surface area contributed by atoms with E-state index in [-0.39, 0.29) is 18.3 Å². The van der Waals surface area contributed by atoms with E-state index < -0.39 is 0 Å². The number of anilines is 2. The van der Waals surface area contributed by atoms with Crippen LogP contribution in [0.2, 0.25) is 0 Å². The highest BCUT2D eigenvalue weighted by Gasteiger charge is 2.26. The van der Waals surface area contributed by atoms with Gasteiger partial charge in [0.25, 0.3) is 0 Å². The highest BCUT2D eigenvalue weighted by atomic mass is 35.5. The first-order valence-corrected chi connectivity index (χ1v) is 9.72. The SMILES string of the molecule is Cl.O=C1Cc2ccccc2N1CCCCN1CCN(c2ccccc2)CC1. The van der Waals surface area contributed by atoms with Gasteiger partial charge in [-0.05, 0) is 43.1 Å². The Morgan fingerprint density at radius 2 is 1.44 bits per heavy atom. The fraction of sp³-hybridized carbons (Fsp3) is 0.409. The minimum atomic E-state index is 0. The Kier molecular flexibility index (Phi) is 6.75. The second kappa shape index (κ2) is 9.25. The Morgan fingerprint density at radius 3 is 2.22 bits per heavy atom. The fourth-order valence-electron chi connectivity index (χ4n) is 4.04.